The number of fused-ring (bicyclic) bond motifs is 1. The molecule has 0 radical (unpaired) electrons. The van der Waals surface area contributed by atoms with Gasteiger partial charge in [-0.05, 0) is 55.5 Å². The second-order valence-corrected chi connectivity index (χ2v) is 6.32. The lowest BCUT2D eigenvalue weighted by molar-refractivity contribution is 0.0323. The van der Waals surface area contributed by atoms with Gasteiger partial charge >= 0.3 is 0 Å². The molecule has 2 aromatic carbocycles. The van der Waals surface area contributed by atoms with Crippen LogP contribution < -0.4 is 5.32 Å². The number of Topliss-reactive ketones (excluding diaryl/α,β-unsaturated/α-hetero) is 1. The fourth-order valence-electron chi connectivity index (χ4n) is 3.33. The number of nitrogens with zero attached hydrogens (tertiary/aromatic N) is 1. The first-order chi connectivity index (χ1) is 11.5. The number of hydrogen-bond acceptors (Lipinski definition) is 4. The maximum Gasteiger partial charge on any atom is 0.159 e. The van der Waals surface area contributed by atoms with Gasteiger partial charge in [-0.2, -0.15) is 5.26 Å². The van der Waals surface area contributed by atoms with Gasteiger partial charge in [0, 0.05) is 12.1 Å². The Kier molecular flexibility index (Phi) is 4.37. The number of nitrogens with one attached hydrogen (secondary N) is 1. The van der Waals surface area contributed by atoms with Crippen LogP contribution in [0.5, 0.6) is 0 Å². The second-order valence-electron chi connectivity index (χ2n) is 6.32. The maximum absolute atomic E-state index is 11.6. The van der Waals surface area contributed by atoms with Crippen molar-refractivity contribution in [2.24, 2.45) is 0 Å². The molecule has 1 unspecified atom stereocenters. The molecule has 0 saturated heterocycles. The number of nitriles is 1. The highest BCUT2D eigenvalue weighted by atomic mass is 16.3. The highest BCUT2D eigenvalue weighted by molar-refractivity contribution is 5.95. The topological polar surface area (TPSA) is 73.1 Å². The number of ketones is 1. The largest absolute Gasteiger partial charge is 0.383 e. The molecule has 4 heteroatoms. The van der Waals surface area contributed by atoms with Gasteiger partial charge in [0.2, 0.25) is 0 Å². The Morgan fingerprint density at radius 2 is 2.12 bits per heavy atom. The van der Waals surface area contributed by atoms with Crippen LogP contribution in [-0.4, -0.2) is 17.4 Å². The number of rotatable bonds is 4. The van der Waals surface area contributed by atoms with Crippen LogP contribution in [0.3, 0.4) is 0 Å². The summed E-state index contributed by atoms with van der Waals surface area (Å²) in [6.07, 6.45) is 2.57. The summed E-state index contributed by atoms with van der Waals surface area (Å²) in [6, 6.07) is 15.0. The Hall–Kier alpha value is -2.64. The molecule has 0 heterocycles. The Morgan fingerprint density at radius 3 is 2.88 bits per heavy atom. The summed E-state index contributed by atoms with van der Waals surface area (Å²) in [6.45, 7) is 1.80. The molecule has 3 rings (SSSR count). The van der Waals surface area contributed by atoms with E-state index >= 15 is 0 Å². The van der Waals surface area contributed by atoms with E-state index in [1.807, 2.05) is 18.2 Å². The summed E-state index contributed by atoms with van der Waals surface area (Å²) in [5.41, 5.74) is 2.76. The number of hydrogen-bond donors (Lipinski definition) is 2. The van der Waals surface area contributed by atoms with Crippen molar-refractivity contribution in [1.29, 1.82) is 5.26 Å². The Balaban J connectivity index is 1.88. The first kappa shape index (κ1) is 16.2. The first-order valence-corrected chi connectivity index (χ1v) is 8.13. The van der Waals surface area contributed by atoms with Crippen LogP contribution in [0.2, 0.25) is 0 Å². The molecule has 1 aliphatic carbocycles. The fourth-order valence-corrected chi connectivity index (χ4v) is 3.33. The summed E-state index contributed by atoms with van der Waals surface area (Å²) in [4.78, 5) is 11.6. The molecule has 0 aliphatic heterocycles. The fraction of sp³-hybridized carbons (Fsp3) is 0.300. The Labute approximate surface area is 141 Å². The molecule has 2 N–H and O–H groups in total. The van der Waals surface area contributed by atoms with Gasteiger partial charge in [0.05, 0.1) is 11.3 Å². The minimum absolute atomic E-state index is 0.0516. The predicted octanol–water partition coefficient (Wildman–Crippen LogP) is 3.40. The highest BCUT2D eigenvalue weighted by Gasteiger charge is 2.34. The van der Waals surface area contributed by atoms with E-state index in [1.54, 1.807) is 18.2 Å². The third kappa shape index (κ3) is 3.04. The number of aryl methyl sites for hydroxylation is 1. The summed E-state index contributed by atoms with van der Waals surface area (Å²) >= 11 is 0. The monoisotopic (exact) mass is 320 g/mol. The minimum atomic E-state index is -0.964. The number of aliphatic hydroxyl groups is 1. The molecule has 0 spiro atoms. The van der Waals surface area contributed by atoms with Crippen LogP contribution in [0.25, 0.3) is 0 Å². The van der Waals surface area contributed by atoms with E-state index in [1.165, 1.54) is 12.5 Å². The SMILES string of the molecule is CC(=O)c1ccc(C#N)c(NCC2(O)CCCc3ccccc32)c1. The van der Waals surface area contributed by atoms with Crippen molar-refractivity contribution in [3.63, 3.8) is 0 Å². The molecular formula is C20H20N2O2. The van der Waals surface area contributed by atoms with Crippen molar-refractivity contribution in [3.05, 3.63) is 64.7 Å². The van der Waals surface area contributed by atoms with Crippen LogP contribution in [-0.2, 0) is 12.0 Å². The molecule has 122 valence electrons. The standard InChI is InChI=1S/C20H20N2O2/c1-14(23)16-8-9-17(12-21)19(11-16)22-13-20(24)10-4-6-15-5-2-3-7-18(15)20/h2-3,5,7-9,11,22,24H,4,6,10,13H2,1H3. The van der Waals surface area contributed by atoms with E-state index in [2.05, 4.69) is 17.5 Å². The molecule has 0 amide bonds. The van der Waals surface area contributed by atoms with Crippen molar-refractivity contribution in [2.45, 2.75) is 31.8 Å². The van der Waals surface area contributed by atoms with Crippen molar-refractivity contribution in [1.82, 2.24) is 0 Å². The van der Waals surface area contributed by atoms with Gasteiger partial charge in [-0.15, -0.1) is 0 Å². The summed E-state index contributed by atoms with van der Waals surface area (Å²) in [5, 5.41) is 23.6. The normalized spacial score (nSPS) is 19.2. The van der Waals surface area contributed by atoms with Gasteiger partial charge in [0.25, 0.3) is 0 Å². The maximum atomic E-state index is 11.6. The van der Waals surface area contributed by atoms with Crippen LogP contribution in [0.4, 0.5) is 5.69 Å². The zero-order chi connectivity index (χ0) is 17.2. The molecule has 24 heavy (non-hydrogen) atoms. The molecule has 1 atom stereocenters. The predicted molar refractivity (Wildman–Crippen MR) is 92.9 cm³/mol. The van der Waals surface area contributed by atoms with Gasteiger partial charge < -0.3 is 10.4 Å². The van der Waals surface area contributed by atoms with Crippen molar-refractivity contribution < 1.29 is 9.90 Å². The van der Waals surface area contributed by atoms with E-state index in [0.29, 0.717) is 29.8 Å². The van der Waals surface area contributed by atoms with Gasteiger partial charge in [-0.3, -0.25) is 4.79 Å². The second kappa shape index (κ2) is 6.46. The third-order valence-corrected chi connectivity index (χ3v) is 4.67. The van der Waals surface area contributed by atoms with E-state index in [9.17, 15) is 15.2 Å². The molecule has 0 fully saturated rings. The molecule has 0 aromatic heterocycles. The quantitative estimate of drug-likeness (QED) is 0.847. The minimum Gasteiger partial charge on any atom is -0.383 e. The van der Waals surface area contributed by atoms with E-state index in [4.69, 9.17) is 0 Å². The van der Waals surface area contributed by atoms with Crippen molar-refractivity contribution >= 4 is 11.5 Å². The number of carbonyl (C=O) groups is 1. The lowest BCUT2D eigenvalue weighted by atomic mass is 9.79. The lowest BCUT2D eigenvalue weighted by Gasteiger charge is -2.35. The molecule has 2 aromatic rings. The number of benzene rings is 2. The molecule has 1 aliphatic rings. The highest BCUT2D eigenvalue weighted by Crippen LogP contribution is 2.35. The Bertz CT molecular complexity index is 823. The van der Waals surface area contributed by atoms with E-state index in [-0.39, 0.29) is 5.78 Å². The van der Waals surface area contributed by atoms with Crippen molar-refractivity contribution in [2.75, 3.05) is 11.9 Å². The van der Waals surface area contributed by atoms with Crippen molar-refractivity contribution in [3.8, 4) is 6.07 Å². The van der Waals surface area contributed by atoms with Gasteiger partial charge in [0.1, 0.15) is 11.7 Å². The van der Waals surface area contributed by atoms with Crippen LogP contribution in [0.1, 0.15) is 46.8 Å². The molecule has 4 nitrogen and oxygen atoms in total. The zero-order valence-corrected chi connectivity index (χ0v) is 13.7. The average Bonchev–Trinajstić information content (AvgIpc) is 2.60. The van der Waals surface area contributed by atoms with Crippen LogP contribution in [0, 0.1) is 11.3 Å². The number of carbonyl (C=O) groups excluding carboxylic acids is 1. The van der Waals surface area contributed by atoms with Gasteiger partial charge in [-0.1, -0.05) is 24.3 Å². The van der Waals surface area contributed by atoms with Gasteiger partial charge in [0.15, 0.2) is 5.78 Å². The lowest BCUT2D eigenvalue weighted by Crippen LogP contribution is -2.37. The smallest absolute Gasteiger partial charge is 0.159 e. The van der Waals surface area contributed by atoms with E-state index in [0.717, 1.165) is 18.4 Å². The Morgan fingerprint density at radius 1 is 1.33 bits per heavy atom. The average molecular weight is 320 g/mol. The van der Waals surface area contributed by atoms with Crippen LogP contribution >= 0.6 is 0 Å². The van der Waals surface area contributed by atoms with E-state index < -0.39 is 5.60 Å². The zero-order valence-electron chi connectivity index (χ0n) is 13.7. The molecule has 0 bridgehead atoms. The summed E-state index contributed by atoms with van der Waals surface area (Å²) in [5.74, 6) is -0.0516. The molecular weight excluding hydrogens is 300 g/mol. The first-order valence-electron chi connectivity index (χ1n) is 8.13. The van der Waals surface area contributed by atoms with Gasteiger partial charge in [-0.25, -0.2) is 0 Å². The van der Waals surface area contributed by atoms with Crippen LogP contribution in [0.15, 0.2) is 42.5 Å². The summed E-state index contributed by atoms with van der Waals surface area (Å²) in [7, 11) is 0. The summed E-state index contributed by atoms with van der Waals surface area (Å²) < 4.78 is 0. The molecule has 0 saturated carbocycles. The third-order valence-electron chi connectivity index (χ3n) is 4.67. The number of anilines is 1.